The fourth-order valence-corrected chi connectivity index (χ4v) is 2.61. The molecule has 0 fully saturated rings. The van der Waals surface area contributed by atoms with Crippen LogP contribution in [0.5, 0.6) is 0 Å². The van der Waals surface area contributed by atoms with Crippen molar-refractivity contribution in [3.63, 3.8) is 0 Å². The molecule has 3 rings (SSSR count). The number of amides is 1. The molecular formula is C18H15ClN2O2. The Morgan fingerprint density at radius 2 is 1.83 bits per heavy atom. The van der Waals surface area contributed by atoms with Crippen LogP contribution in [0, 0.1) is 0 Å². The van der Waals surface area contributed by atoms with Crippen LogP contribution < -0.4 is 5.32 Å². The van der Waals surface area contributed by atoms with Gasteiger partial charge in [0, 0.05) is 11.9 Å². The maximum atomic E-state index is 12.2. The van der Waals surface area contributed by atoms with Crippen molar-refractivity contribution in [1.29, 1.82) is 0 Å². The van der Waals surface area contributed by atoms with E-state index in [9.17, 15) is 9.90 Å². The maximum absolute atomic E-state index is 12.2. The van der Waals surface area contributed by atoms with E-state index in [1.807, 2.05) is 54.6 Å². The second kappa shape index (κ2) is 6.77. The van der Waals surface area contributed by atoms with Gasteiger partial charge in [-0.25, -0.2) is 4.98 Å². The fraction of sp³-hybridized carbons (Fsp3) is 0.111. The Balaban J connectivity index is 1.73. The summed E-state index contributed by atoms with van der Waals surface area (Å²) in [4.78, 5) is 16.4. The van der Waals surface area contributed by atoms with Gasteiger partial charge in [0.2, 0.25) is 0 Å². The molecule has 0 radical (unpaired) electrons. The number of aliphatic hydroxyl groups excluding tert-OH is 1. The highest BCUT2D eigenvalue weighted by Crippen LogP contribution is 2.22. The molecule has 3 aromatic rings. The molecule has 0 aliphatic rings. The van der Waals surface area contributed by atoms with Crippen LogP contribution in [0.25, 0.3) is 10.8 Å². The highest BCUT2D eigenvalue weighted by atomic mass is 35.5. The summed E-state index contributed by atoms with van der Waals surface area (Å²) in [6.45, 7) is 0.106. The predicted octanol–water partition coefficient (Wildman–Crippen LogP) is 3.35. The molecule has 0 aliphatic heterocycles. The normalized spacial score (nSPS) is 12.1. The number of nitrogens with zero attached hydrogens (tertiary/aromatic N) is 1. The number of carbonyl (C=O) groups excluding carboxylic acids is 1. The summed E-state index contributed by atoms with van der Waals surface area (Å²) >= 11 is 6.12. The maximum Gasteiger partial charge on any atom is 0.270 e. The zero-order chi connectivity index (χ0) is 16.2. The van der Waals surface area contributed by atoms with E-state index in [0.29, 0.717) is 0 Å². The molecule has 1 amide bonds. The van der Waals surface area contributed by atoms with Crippen molar-refractivity contribution in [2.24, 2.45) is 0 Å². The van der Waals surface area contributed by atoms with Gasteiger partial charge in [0.25, 0.3) is 5.91 Å². The van der Waals surface area contributed by atoms with E-state index in [0.717, 1.165) is 16.3 Å². The van der Waals surface area contributed by atoms with Crippen LogP contribution in [-0.2, 0) is 0 Å². The molecule has 0 spiro atoms. The Hall–Kier alpha value is -2.43. The van der Waals surface area contributed by atoms with Crippen molar-refractivity contribution in [2.75, 3.05) is 6.54 Å². The molecule has 116 valence electrons. The minimum atomic E-state index is -0.768. The lowest BCUT2D eigenvalue weighted by molar-refractivity contribution is 0.0911. The largest absolute Gasteiger partial charge is 0.387 e. The third-order valence-corrected chi connectivity index (χ3v) is 3.85. The molecule has 4 nitrogen and oxygen atoms in total. The summed E-state index contributed by atoms with van der Waals surface area (Å²) < 4.78 is 0. The number of benzene rings is 2. The Morgan fingerprint density at radius 1 is 1.13 bits per heavy atom. The molecule has 1 unspecified atom stereocenters. The molecule has 1 aromatic heterocycles. The molecule has 5 heteroatoms. The van der Waals surface area contributed by atoms with Crippen molar-refractivity contribution in [3.05, 3.63) is 77.1 Å². The van der Waals surface area contributed by atoms with Gasteiger partial charge in [-0.1, -0.05) is 66.2 Å². The summed E-state index contributed by atoms with van der Waals surface area (Å²) in [5, 5.41) is 14.7. The molecule has 0 aliphatic carbocycles. The van der Waals surface area contributed by atoms with Gasteiger partial charge in [-0.05, 0) is 17.0 Å². The van der Waals surface area contributed by atoms with Crippen molar-refractivity contribution in [1.82, 2.24) is 10.3 Å². The Morgan fingerprint density at radius 3 is 2.61 bits per heavy atom. The summed E-state index contributed by atoms with van der Waals surface area (Å²) in [6, 6.07) is 18.3. The van der Waals surface area contributed by atoms with Gasteiger partial charge in [0.1, 0.15) is 10.8 Å². The topological polar surface area (TPSA) is 62.2 Å². The molecule has 0 bridgehead atoms. The summed E-state index contributed by atoms with van der Waals surface area (Å²) in [5.41, 5.74) is 0.978. The van der Waals surface area contributed by atoms with E-state index in [4.69, 9.17) is 11.6 Å². The average Bonchev–Trinajstić information content (AvgIpc) is 2.60. The van der Waals surface area contributed by atoms with E-state index in [-0.39, 0.29) is 23.3 Å². The second-order valence-electron chi connectivity index (χ2n) is 5.16. The third kappa shape index (κ3) is 3.50. The van der Waals surface area contributed by atoms with Crippen LogP contribution in [0.1, 0.15) is 22.2 Å². The first-order chi connectivity index (χ1) is 11.1. The van der Waals surface area contributed by atoms with Crippen LogP contribution in [0.2, 0.25) is 5.15 Å². The quantitative estimate of drug-likeness (QED) is 0.723. The second-order valence-corrected chi connectivity index (χ2v) is 5.51. The smallest absolute Gasteiger partial charge is 0.270 e. The first kappa shape index (κ1) is 15.5. The fourth-order valence-electron chi connectivity index (χ4n) is 2.35. The molecule has 0 saturated carbocycles. The van der Waals surface area contributed by atoms with Crippen LogP contribution in [-0.4, -0.2) is 22.5 Å². The number of rotatable bonds is 4. The molecule has 1 heterocycles. The zero-order valence-electron chi connectivity index (χ0n) is 12.2. The molecule has 2 aromatic carbocycles. The Bertz CT molecular complexity index is 837. The monoisotopic (exact) mass is 326 g/mol. The number of hydrogen-bond acceptors (Lipinski definition) is 3. The number of fused-ring (bicyclic) bond motifs is 1. The van der Waals surface area contributed by atoms with E-state index in [1.54, 1.807) is 6.07 Å². The van der Waals surface area contributed by atoms with E-state index >= 15 is 0 Å². The average molecular weight is 327 g/mol. The van der Waals surface area contributed by atoms with E-state index in [2.05, 4.69) is 10.3 Å². The van der Waals surface area contributed by atoms with Gasteiger partial charge in [-0.2, -0.15) is 0 Å². The number of pyridine rings is 1. The minimum absolute atomic E-state index is 0.106. The predicted molar refractivity (Wildman–Crippen MR) is 90.5 cm³/mol. The number of nitrogens with one attached hydrogen (secondary N) is 1. The van der Waals surface area contributed by atoms with Gasteiger partial charge in [-0.15, -0.1) is 0 Å². The zero-order valence-corrected chi connectivity index (χ0v) is 13.0. The van der Waals surface area contributed by atoms with Crippen molar-refractivity contribution < 1.29 is 9.90 Å². The lowest BCUT2D eigenvalue weighted by Crippen LogP contribution is -2.29. The van der Waals surface area contributed by atoms with Gasteiger partial charge in [0.15, 0.2) is 0 Å². The SMILES string of the molecule is O=C(NCC(O)c1ccccc1)c1cc2ccccc2c(Cl)n1. The molecular weight excluding hydrogens is 312 g/mol. The van der Waals surface area contributed by atoms with Gasteiger partial charge < -0.3 is 10.4 Å². The highest BCUT2D eigenvalue weighted by Gasteiger charge is 2.13. The van der Waals surface area contributed by atoms with Crippen LogP contribution in [0.3, 0.4) is 0 Å². The van der Waals surface area contributed by atoms with Crippen LogP contribution >= 0.6 is 11.6 Å². The summed E-state index contributed by atoms with van der Waals surface area (Å²) in [5.74, 6) is -0.368. The summed E-state index contributed by atoms with van der Waals surface area (Å²) in [6.07, 6.45) is -0.768. The first-order valence-corrected chi connectivity index (χ1v) is 7.59. The minimum Gasteiger partial charge on any atom is -0.387 e. The lowest BCUT2D eigenvalue weighted by Gasteiger charge is -2.12. The number of carbonyl (C=O) groups is 1. The lowest BCUT2D eigenvalue weighted by atomic mass is 10.1. The van der Waals surface area contributed by atoms with Gasteiger partial charge in [-0.3, -0.25) is 4.79 Å². The summed E-state index contributed by atoms with van der Waals surface area (Å²) in [7, 11) is 0. The standard InChI is InChI=1S/C18H15ClN2O2/c19-17-14-9-5-4-8-13(14)10-15(21-17)18(23)20-11-16(22)12-6-2-1-3-7-12/h1-10,16,22H,11H2,(H,20,23). The Kier molecular flexibility index (Phi) is 4.55. The van der Waals surface area contributed by atoms with E-state index in [1.165, 1.54) is 0 Å². The highest BCUT2D eigenvalue weighted by molar-refractivity contribution is 6.34. The van der Waals surface area contributed by atoms with Crippen LogP contribution in [0.15, 0.2) is 60.7 Å². The van der Waals surface area contributed by atoms with Gasteiger partial charge in [0.05, 0.1) is 6.10 Å². The molecule has 0 saturated heterocycles. The Labute approximate surface area is 138 Å². The van der Waals surface area contributed by atoms with Crippen molar-refractivity contribution in [3.8, 4) is 0 Å². The number of aliphatic hydroxyl groups is 1. The molecule has 23 heavy (non-hydrogen) atoms. The molecule has 1 atom stereocenters. The number of hydrogen-bond donors (Lipinski definition) is 2. The van der Waals surface area contributed by atoms with Crippen LogP contribution in [0.4, 0.5) is 0 Å². The number of aromatic nitrogens is 1. The van der Waals surface area contributed by atoms with Crippen molar-refractivity contribution in [2.45, 2.75) is 6.10 Å². The third-order valence-electron chi connectivity index (χ3n) is 3.57. The van der Waals surface area contributed by atoms with Gasteiger partial charge >= 0.3 is 0 Å². The number of halogens is 1. The van der Waals surface area contributed by atoms with E-state index < -0.39 is 6.10 Å². The van der Waals surface area contributed by atoms with Crippen molar-refractivity contribution >= 4 is 28.3 Å². The molecule has 2 N–H and O–H groups in total. The first-order valence-electron chi connectivity index (χ1n) is 7.21.